The molecule has 3 aromatic carbocycles. The van der Waals surface area contributed by atoms with Gasteiger partial charge in [-0.1, -0.05) is 42.0 Å². The van der Waals surface area contributed by atoms with Crippen molar-refractivity contribution >= 4 is 40.5 Å². The Labute approximate surface area is 182 Å². The number of carbonyl (C=O) groups excluding carboxylic acids is 1. The summed E-state index contributed by atoms with van der Waals surface area (Å²) in [5.41, 5.74) is 1.74. The molecule has 3 rings (SSSR count). The largest absolute Gasteiger partial charge is 0.477 e. The monoisotopic (exact) mass is 499 g/mol. The molecule has 0 aliphatic carbocycles. The summed E-state index contributed by atoms with van der Waals surface area (Å²) in [7, 11) is 0. The number of hydrogen-bond donors (Lipinski definition) is 2. The fraction of sp³-hybridized carbons (Fsp3) is 0.0435. The summed E-state index contributed by atoms with van der Waals surface area (Å²) in [4.78, 5) is 23.9. The molecule has 2 N–H and O–H groups in total. The molecule has 0 aromatic heterocycles. The molecule has 1 amide bonds. The van der Waals surface area contributed by atoms with Crippen LogP contribution < -0.4 is 10.1 Å². The summed E-state index contributed by atoms with van der Waals surface area (Å²) < 4.78 is 6.82. The third-order valence-electron chi connectivity index (χ3n) is 4.01. The Morgan fingerprint density at radius 2 is 1.72 bits per heavy atom. The number of nitrogens with one attached hydrogen (secondary N) is 1. The topological polar surface area (TPSA) is 75.6 Å². The zero-order valence-electron chi connectivity index (χ0n) is 15.6. The average Bonchev–Trinajstić information content (AvgIpc) is 2.70. The van der Waals surface area contributed by atoms with E-state index in [4.69, 9.17) is 4.74 Å². The second kappa shape index (κ2) is 9.38. The van der Waals surface area contributed by atoms with Gasteiger partial charge in [-0.15, -0.1) is 0 Å². The minimum Gasteiger partial charge on any atom is -0.477 e. The molecule has 146 valence electrons. The number of halogens is 1. The van der Waals surface area contributed by atoms with E-state index in [0.29, 0.717) is 16.9 Å². The lowest BCUT2D eigenvalue weighted by Crippen LogP contribution is -2.27. The minimum absolute atomic E-state index is 0.206. The Morgan fingerprint density at radius 1 is 1.00 bits per heavy atom. The predicted octanol–water partition coefficient (Wildman–Crippen LogP) is 5.25. The van der Waals surface area contributed by atoms with Gasteiger partial charge in [-0.2, -0.15) is 0 Å². The summed E-state index contributed by atoms with van der Waals surface area (Å²) in [6.45, 7) is 1.87. The molecule has 3 aromatic rings. The highest BCUT2D eigenvalue weighted by molar-refractivity contribution is 14.1. The van der Waals surface area contributed by atoms with Gasteiger partial charge in [-0.3, -0.25) is 4.79 Å². The molecule has 0 radical (unpaired) electrons. The van der Waals surface area contributed by atoms with Gasteiger partial charge >= 0.3 is 5.97 Å². The van der Waals surface area contributed by atoms with Gasteiger partial charge in [0.25, 0.3) is 5.91 Å². The van der Waals surface area contributed by atoms with Crippen molar-refractivity contribution < 1.29 is 19.4 Å². The van der Waals surface area contributed by atoms with E-state index in [2.05, 4.69) is 27.9 Å². The summed E-state index contributed by atoms with van der Waals surface area (Å²) in [6.07, 6.45) is 1.41. The van der Waals surface area contributed by atoms with Crippen molar-refractivity contribution in [2.45, 2.75) is 6.92 Å². The van der Waals surface area contributed by atoms with Crippen LogP contribution in [0.3, 0.4) is 0 Å². The maximum atomic E-state index is 12.4. The highest BCUT2D eigenvalue weighted by Gasteiger charge is 2.13. The maximum Gasteiger partial charge on any atom is 0.352 e. The molecule has 0 saturated carbocycles. The van der Waals surface area contributed by atoms with E-state index in [1.54, 1.807) is 42.5 Å². The van der Waals surface area contributed by atoms with Crippen LogP contribution in [0.25, 0.3) is 6.08 Å². The van der Waals surface area contributed by atoms with Crippen LogP contribution in [0.15, 0.2) is 78.5 Å². The van der Waals surface area contributed by atoms with Crippen LogP contribution in [0.4, 0.5) is 0 Å². The molecule has 0 atom stereocenters. The first kappa shape index (κ1) is 20.6. The molecule has 0 bridgehead atoms. The van der Waals surface area contributed by atoms with E-state index in [-0.39, 0.29) is 5.70 Å². The van der Waals surface area contributed by atoms with Crippen LogP contribution in [0, 0.1) is 10.5 Å². The average molecular weight is 499 g/mol. The zero-order valence-corrected chi connectivity index (χ0v) is 17.7. The second-order valence-corrected chi connectivity index (χ2v) is 7.45. The number of carboxylic acid groups (broad SMARTS) is 1. The van der Waals surface area contributed by atoms with Crippen LogP contribution >= 0.6 is 22.6 Å². The van der Waals surface area contributed by atoms with Crippen molar-refractivity contribution in [3.63, 3.8) is 0 Å². The first-order valence-electron chi connectivity index (χ1n) is 8.78. The third kappa shape index (κ3) is 5.68. The number of hydrogen-bond acceptors (Lipinski definition) is 3. The van der Waals surface area contributed by atoms with Crippen molar-refractivity contribution in [2.24, 2.45) is 0 Å². The van der Waals surface area contributed by atoms with Crippen molar-refractivity contribution in [3.05, 3.63) is 98.8 Å². The van der Waals surface area contributed by atoms with Crippen molar-refractivity contribution in [2.75, 3.05) is 0 Å². The van der Waals surface area contributed by atoms with Gasteiger partial charge in [0.15, 0.2) is 0 Å². The summed E-state index contributed by atoms with van der Waals surface area (Å²) in [5, 5.41) is 11.9. The van der Waals surface area contributed by atoms with Crippen LogP contribution in [0.5, 0.6) is 11.5 Å². The molecular formula is C23H18INO4. The van der Waals surface area contributed by atoms with Gasteiger partial charge in [-0.25, -0.2) is 4.79 Å². The predicted molar refractivity (Wildman–Crippen MR) is 120 cm³/mol. The van der Waals surface area contributed by atoms with E-state index in [1.807, 2.05) is 37.3 Å². The smallest absolute Gasteiger partial charge is 0.352 e. The Bertz CT molecular complexity index is 1070. The van der Waals surface area contributed by atoms with E-state index in [9.17, 15) is 14.7 Å². The molecule has 0 unspecified atom stereocenters. The summed E-state index contributed by atoms with van der Waals surface area (Å²) in [5.74, 6) is -0.314. The van der Waals surface area contributed by atoms with Crippen LogP contribution in [-0.4, -0.2) is 17.0 Å². The van der Waals surface area contributed by atoms with Gasteiger partial charge in [0.2, 0.25) is 0 Å². The molecule has 0 fully saturated rings. The molecule has 0 heterocycles. The van der Waals surface area contributed by atoms with Gasteiger partial charge in [0.05, 0.1) is 3.57 Å². The first-order valence-corrected chi connectivity index (χ1v) is 9.86. The number of ether oxygens (including phenoxy) is 1. The second-order valence-electron chi connectivity index (χ2n) is 6.29. The molecule has 0 aliphatic rings. The molecule has 5 nitrogen and oxygen atoms in total. The van der Waals surface area contributed by atoms with Crippen molar-refractivity contribution in [3.8, 4) is 11.5 Å². The number of aryl methyl sites for hydroxylation is 1. The number of aliphatic carboxylic acids is 1. The molecule has 0 saturated heterocycles. The Kier molecular flexibility index (Phi) is 6.66. The molecule has 0 aliphatic heterocycles. The van der Waals surface area contributed by atoms with Crippen molar-refractivity contribution in [1.82, 2.24) is 5.32 Å². The molecule has 29 heavy (non-hydrogen) atoms. The Morgan fingerprint density at radius 3 is 2.38 bits per heavy atom. The standard InChI is InChI=1S/C23H18INO4/c1-15-5-4-6-17(13-15)22(26)25-20(23(27)28)14-16-9-11-18(12-10-16)29-21-8-3-2-7-19(21)24/h2-14H,1H3,(H,25,26)(H,27,28)/b20-14-. The highest BCUT2D eigenvalue weighted by atomic mass is 127. The van der Waals surface area contributed by atoms with E-state index >= 15 is 0 Å². The normalized spacial score (nSPS) is 11.0. The summed E-state index contributed by atoms with van der Waals surface area (Å²) >= 11 is 2.19. The van der Waals surface area contributed by atoms with Crippen LogP contribution in [0.1, 0.15) is 21.5 Å². The number of rotatable bonds is 6. The quantitative estimate of drug-likeness (QED) is 0.359. The van der Waals surface area contributed by atoms with Gasteiger partial charge in [0.1, 0.15) is 17.2 Å². The highest BCUT2D eigenvalue weighted by Crippen LogP contribution is 2.26. The molecular weight excluding hydrogens is 481 g/mol. The lowest BCUT2D eigenvalue weighted by atomic mass is 10.1. The fourth-order valence-electron chi connectivity index (χ4n) is 2.59. The fourth-order valence-corrected chi connectivity index (χ4v) is 3.08. The molecule has 6 heteroatoms. The van der Waals surface area contributed by atoms with E-state index < -0.39 is 11.9 Å². The van der Waals surface area contributed by atoms with Gasteiger partial charge in [-0.05, 0) is 77.6 Å². The Balaban J connectivity index is 1.76. The minimum atomic E-state index is -1.22. The zero-order chi connectivity index (χ0) is 20.8. The van der Waals surface area contributed by atoms with Gasteiger partial charge < -0.3 is 15.2 Å². The number of para-hydroxylation sites is 1. The lowest BCUT2D eigenvalue weighted by Gasteiger charge is -2.09. The summed E-state index contributed by atoms with van der Waals surface area (Å²) in [6, 6.07) is 21.6. The van der Waals surface area contributed by atoms with E-state index in [0.717, 1.165) is 14.9 Å². The van der Waals surface area contributed by atoms with Crippen molar-refractivity contribution in [1.29, 1.82) is 0 Å². The number of carbonyl (C=O) groups is 2. The molecule has 0 spiro atoms. The SMILES string of the molecule is Cc1cccc(C(=O)N/C(=C\c2ccc(Oc3ccccc3I)cc2)C(=O)O)c1. The number of benzene rings is 3. The number of carboxylic acids is 1. The van der Waals surface area contributed by atoms with Gasteiger partial charge in [0, 0.05) is 5.56 Å². The first-order chi connectivity index (χ1) is 13.9. The lowest BCUT2D eigenvalue weighted by molar-refractivity contribution is -0.132. The van der Waals surface area contributed by atoms with E-state index in [1.165, 1.54) is 6.08 Å². The number of amides is 1. The maximum absolute atomic E-state index is 12.4. The third-order valence-corrected chi connectivity index (χ3v) is 4.91. The van der Waals surface area contributed by atoms with Crippen LogP contribution in [0.2, 0.25) is 0 Å². The van der Waals surface area contributed by atoms with Crippen LogP contribution in [-0.2, 0) is 4.79 Å². The Hall–Kier alpha value is -3.13.